The molecule has 2 aliphatic rings. The lowest BCUT2D eigenvalue weighted by atomic mass is 9.92. The summed E-state index contributed by atoms with van der Waals surface area (Å²) in [5.74, 6) is 1.61. The molecular formula is C47H45Cl2N3O6. The van der Waals surface area contributed by atoms with Gasteiger partial charge in [0.2, 0.25) is 5.91 Å². The van der Waals surface area contributed by atoms with Gasteiger partial charge in [-0.2, -0.15) is 5.26 Å². The predicted molar refractivity (Wildman–Crippen MR) is 224 cm³/mol. The van der Waals surface area contributed by atoms with E-state index in [4.69, 9.17) is 47.4 Å². The van der Waals surface area contributed by atoms with Gasteiger partial charge in [-0.3, -0.25) is 9.69 Å². The molecule has 0 saturated heterocycles. The molecule has 5 aromatic carbocycles. The van der Waals surface area contributed by atoms with E-state index < -0.39 is 12.1 Å². The van der Waals surface area contributed by atoms with Crippen molar-refractivity contribution in [1.82, 2.24) is 10.2 Å². The Morgan fingerprint density at radius 1 is 0.879 bits per heavy atom. The number of ether oxygens (including phenoxy) is 4. The maximum Gasteiger partial charge on any atom is 0.410 e. The van der Waals surface area contributed by atoms with E-state index in [2.05, 4.69) is 11.4 Å². The highest BCUT2D eigenvalue weighted by molar-refractivity contribution is 6.42. The van der Waals surface area contributed by atoms with Gasteiger partial charge in [-0.15, -0.1) is 0 Å². The van der Waals surface area contributed by atoms with Crippen molar-refractivity contribution in [3.8, 4) is 34.4 Å². The van der Waals surface area contributed by atoms with Crippen molar-refractivity contribution >= 4 is 35.2 Å². The summed E-state index contributed by atoms with van der Waals surface area (Å²) in [5.41, 5.74) is 7.10. The molecule has 298 valence electrons. The molecule has 2 aliphatic heterocycles. The number of amides is 2. The van der Waals surface area contributed by atoms with Gasteiger partial charge in [0, 0.05) is 12.5 Å². The van der Waals surface area contributed by atoms with Crippen molar-refractivity contribution in [1.29, 1.82) is 5.26 Å². The van der Waals surface area contributed by atoms with E-state index in [1.807, 2.05) is 107 Å². The van der Waals surface area contributed by atoms with Crippen LogP contribution in [0.15, 0.2) is 103 Å². The van der Waals surface area contributed by atoms with Gasteiger partial charge < -0.3 is 24.3 Å². The van der Waals surface area contributed by atoms with Crippen LogP contribution in [0.2, 0.25) is 10.0 Å². The first-order chi connectivity index (χ1) is 27.8. The first-order valence-electron chi connectivity index (χ1n) is 19.3. The van der Waals surface area contributed by atoms with E-state index in [-0.39, 0.29) is 36.6 Å². The quantitative estimate of drug-likeness (QED) is 0.149. The number of carbonyl (C=O) groups is 2. The van der Waals surface area contributed by atoms with Crippen LogP contribution in [0.4, 0.5) is 4.79 Å². The van der Waals surface area contributed by atoms with E-state index in [0.717, 1.165) is 38.9 Å². The molecule has 9 nitrogen and oxygen atoms in total. The predicted octanol–water partition coefficient (Wildman–Crippen LogP) is 10.3. The number of hydrogen-bond donors (Lipinski definition) is 1. The molecule has 0 aliphatic carbocycles. The van der Waals surface area contributed by atoms with Gasteiger partial charge in [-0.1, -0.05) is 98.6 Å². The van der Waals surface area contributed by atoms with E-state index in [1.54, 1.807) is 24.3 Å². The fourth-order valence-corrected chi connectivity index (χ4v) is 7.31. The van der Waals surface area contributed by atoms with Crippen LogP contribution in [-0.2, 0) is 35.5 Å². The molecule has 2 heterocycles. The highest BCUT2D eigenvalue weighted by Gasteiger charge is 2.38. The Balaban J connectivity index is 1.02. The number of carbonyl (C=O) groups excluding carboxylic acids is 2. The van der Waals surface area contributed by atoms with Gasteiger partial charge in [-0.05, 0) is 106 Å². The molecule has 2 amide bonds. The Kier molecular flexibility index (Phi) is 12.2. The topological polar surface area (TPSA) is 110 Å². The van der Waals surface area contributed by atoms with Crippen LogP contribution in [0.5, 0.6) is 17.2 Å². The fraction of sp³-hybridized carbons (Fsp3) is 0.298. The van der Waals surface area contributed by atoms with Crippen molar-refractivity contribution in [3.05, 3.63) is 147 Å². The molecule has 0 aromatic heterocycles. The van der Waals surface area contributed by atoms with Gasteiger partial charge in [0.05, 0.1) is 34.8 Å². The highest BCUT2D eigenvalue weighted by atomic mass is 35.5. The maximum absolute atomic E-state index is 14.0. The second-order valence-electron chi connectivity index (χ2n) is 16.1. The molecule has 0 bridgehead atoms. The van der Waals surface area contributed by atoms with Gasteiger partial charge in [0.15, 0.2) is 17.6 Å². The number of fused-ring (bicyclic) bond motifs is 2. The number of hydrogen-bond acceptors (Lipinski definition) is 7. The Morgan fingerprint density at radius 2 is 1.55 bits per heavy atom. The Labute approximate surface area is 349 Å². The fourth-order valence-electron chi connectivity index (χ4n) is 6.99. The molecule has 0 spiro atoms. The standard InChI is InChI=1S/C47H45Cl2N3O6/c1-29(19-30-5-10-33(11-6-30)34-12-7-31(24-50)8-13-34)51-45(53)41-21-36-22-42-43(23-37(36)25-52(41)46(54)57-28-47(2,3)4)58-44(27-56-42)35-14-16-38(17-15-35)55-26-32-9-18-39(48)40(49)20-32/h5-18,20,22-23,29,41,44H,19,21,25-28H2,1-4H3,(H,51,53)/t29-,41+,44?/m1/s1. The lowest BCUT2D eigenvalue weighted by Crippen LogP contribution is -2.54. The smallest absolute Gasteiger partial charge is 0.410 e. The normalized spacial score (nSPS) is 16.4. The minimum absolute atomic E-state index is 0.174. The highest BCUT2D eigenvalue weighted by Crippen LogP contribution is 2.41. The Morgan fingerprint density at radius 3 is 2.22 bits per heavy atom. The minimum atomic E-state index is -0.783. The first kappa shape index (κ1) is 40.5. The molecule has 7 rings (SSSR count). The second-order valence-corrected chi connectivity index (χ2v) is 16.9. The average molecular weight is 819 g/mol. The number of rotatable bonds is 10. The van der Waals surface area contributed by atoms with E-state index in [0.29, 0.717) is 58.9 Å². The van der Waals surface area contributed by atoms with Crippen molar-refractivity contribution in [2.24, 2.45) is 5.41 Å². The van der Waals surface area contributed by atoms with Gasteiger partial charge >= 0.3 is 6.09 Å². The summed E-state index contributed by atoms with van der Waals surface area (Å²) in [6, 6.07) is 33.7. The van der Waals surface area contributed by atoms with Crippen LogP contribution in [0.1, 0.15) is 67.2 Å². The number of nitrogens with one attached hydrogen (secondary N) is 1. The molecule has 0 radical (unpaired) electrons. The first-order valence-corrected chi connectivity index (χ1v) is 20.0. The third-order valence-electron chi connectivity index (χ3n) is 10.1. The van der Waals surface area contributed by atoms with E-state index in [1.165, 1.54) is 4.90 Å². The lowest BCUT2D eigenvalue weighted by molar-refractivity contribution is -0.127. The number of nitrogens with zero attached hydrogens (tertiary/aromatic N) is 2. The molecule has 0 saturated carbocycles. The molecule has 0 fully saturated rings. The molecular weight excluding hydrogens is 773 g/mol. The molecule has 58 heavy (non-hydrogen) atoms. The Hall–Kier alpha value is -5.69. The molecule has 1 N–H and O–H groups in total. The zero-order valence-corrected chi connectivity index (χ0v) is 34.4. The van der Waals surface area contributed by atoms with Gasteiger partial charge in [0.25, 0.3) is 0 Å². The van der Waals surface area contributed by atoms with Crippen LogP contribution >= 0.6 is 23.2 Å². The number of benzene rings is 5. The summed E-state index contributed by atoms with van der Waals surface area (Å²) in [5, 5.41) is 13.3. The largest absolute Gasteiger partial charge is 0.489 e. The van der Waals surface area contributed by atoms with Gasteiger partial charge in [0.1, 0.15) is 25.0 Å². The lowest BCUT2D eigenvalue weighted by Gasteiger charge is -2.37. The maximum atomic E-state index is 14.0. The van der Waals surface area contributed by atoms with Crippen LogP contribution in [0.25, 0.3) is 11.1 Å². The van der Waals surface area contributed by atoms with E-state index >= 15 is 0 Å². The second kappa shape index (κ2) is 17.4. The van der Waals surface area contributed by atoms with Gasteiger partial charge in [-0.25, -0.2) is 4.79 Å². The SMILES string of the molecule is C[C@H](Cc1ccc(-c2ccc(C#N)cc2)cc1)NC(=O)[C@@H]1Cc2cc3c(cc2CN1C(=O)OCC(C)(C)C)OC(c1ccc(OCc2ccc(Cl)c(Cl)c2)cc1)CO3. The molecule has 5 aromatic rings. The summed E-state index contributed by atoms with van der Waals surface area (Å²) >= 11 is 12.2. The molecule has 1 unspecified atom stereocenters. The van der Waals surface area contributed by atoms with Crippen molar-refractivity contribution in [3.63, 3.8) is 0 Å². The van der Waals surface area contributed by atoms with Crippen LogP contribution in [0, 0.1) is 16.7 Å². The van der Waals surface area contributed by atoms with Crippen LogP contribution in [-0.4, -0.2) is 42.2 Å². The summed E-state index contributed by atoms with van der Waals surface area (Å²) < 4.78 is 24.4. The third kappa shape index (κ3) is 9.87. The minimum Gasteiger partial charge on any atom is -0.489 e. The van der Waals surface area contributed by atoms with Crippen LogP contribution < -0.4 is 19.5 Å². The molecule has 3 atom stereocenters. The van der Waals surface area contributed by atoms with Crippen molar-refractivity contribution in [2.45, 2.75) is 71.9 Å². The third-order valence-corrected chi connectivity index (χ3v) is 10.8. The summed E-state index contributed by atoms with van der Waals surface area (Å²) in [6.07, 6.45) is -0.00754. The summed E-state index contributed by atoms with van der Waals surface area (Å²) in [6.45, 7) is 8.97. The van der Waals surface area contributed by atoms with Crippen molar-refractivity contribution in [2.75, 3.05) is 13.2 Å². The number of halogens is 2. The number of nitriles is 1. The van der Waals surface area contributed by atoms with Crippen LogP contribution in [0.3, 0.4) is 0 Å². The Bertz CT molecular complexity index is 2320. The summed E-state index contributed by atoms with van der Waals surface area (Å²) in [4.78, 5) is 29.2. The zero-order valence-electron chi connectivity index (χ0n) is 32.9. The van der Waals surface area contributed by atoms with E-state index in [9.17, 15) is 9.59 Å². The van der Waals surface area contributed by atoms with Crippen molar-refractivity contribution < 1.29 is 28.5 Å². The zero-order chi connectivity index (χ0) is 41.0. The monoisotopic (exact) mass is 817 g/mol. The molecule has 11 heteroatoms. The summed E-state index contributed by atoms with van der Waals surface area (Å²) in [7, 11) is 0. The average Bonchev–Trinajstić information content (AvgIpc) is 3.22.